The van der Waals surface area contributed by atoms with E-state index >= 15 is 0 Å². The van der Waals surface area contributed by atoms with E-state index in [1.807, 2.05) is 0 Å². The number of hydrogen-bond donors (Lipinski definition) is 2. The average molecular weight is 319 g/mol. The summed E-state index contributed by atoms with van der Waals surface area (Å²) in [5, 5.41) is 1.15. The number of hydrogen-bond acceptors (Lipinski definition) is 5. The van der Waals surface area contributed by atoms with E-state index < -0.39 is 5.82 Å². The van der Waals surface area contributed by atoms with E-state index in [1.165, 1.54) is 19.2 Å². The Kier molecular flexibility index (Phi) is 3.46. The Morgan fingerprint density at radius 2 is 1.91 bits per heavy atom. The third-order valence-corrected chi connectivity index (χ3v) is 3.49. The fourth-order valence-electron chi connectivity index (χ4n) is 2.25. The van der Waals surface area contributed by atoms with E-state index in [2.05, 4.69) is 9.97 Å². The Morgan fingerprint density at radius 3 is 2.64 bits per heavy atom. The van der Waals surface area contributed by atoms with Crippen molar-refractivity contribution in [1.82, 2.24) is 9.97 Å². The summed E-state index contributed by atoms with van der Waals surface area (Å²) in [5.41, 5.74) is 13.5. The fourth-order valence-corrected chi connectivity index (χ4v) is 2.43. The highest BCUT2D eigenvalue weighted by Crippen LogP contribution is 2.35. The molecule has 0 radical (unpaired) electrons. The number of halogens is 2. The highest BCUT2D eigenvalue weighted by Gasteiger charge is 2.15. The number of methoxy groups -OCH3 is 1. The van der Waals surface area contributed by atoms with Crippen LogP contribution in [0.2, 0.25) is 5.02 Å². The molecule has 3 aromatic rings. The predicted molar refractivity (Wildman–Crippen MR) is 85.3 cm³/mol. The molecule has 0 atom stereocenters. The number of fused-ring (bicyclic) bond motifs is 1. The minimum atomic E-state index is -0.543. The largest absolute Gasteiger partial charge is 0.494 e. The molecule has 5 nitrogen and oxygen atoms in total. The highest BCUT2D eigenvalue weighted by atomic mass is 35.5. The van der Waals surface area contributed by atoms with Crippen molar-refractivity contribution in [2.24, 2.45) is 0 Å². The van der Waals surface area contributed by atoms with Gasteiger partial charge in [-0.25, -0.2) is 14.4 Å². The topological polar surface area (TPSA) is 87.0 Å². The number of nitrogen functional groups attached to an aromatic ring is 2. The Balaban J connectivity index is 2.34. The van der Waals surface area contributed by atoms with Crippen molar-refractivity contribution in [3.63, 3.8) is 0 Å². The second-order valence-corrected chi connectivity index (χ2v) is 5.10. The summed E-state index contributed by atoms with van der Waals surface area (Å²) >= 11 is 6.02. The first-order chi connectivity index (χ1) is 10.5. The molecule has 22 heavy (non-hydrogen) atoms. The Bertz CT molecular complexity index is 885. The van der Waals surface area contributed by atoms with Gasteiger partial charge in [0.25, 0.3) is 0 Å². The molecule has 2 aromatic carbocycles. The van der Waals surface area contributed by atoms with Crippen LogP contribution in [0, 0.1) is 5.82 Å². The lowest BCUT2D eigenvalue weighted by atomic mass is 10.0. The van der Waals surface area contributed by atoms with Crippen LogP contribution in [0.5, 0.6) is 5.75 Å². The molecule has 4 N–H and O–H groups in total. The lowest BCUT2D eigenvalue weighted by Gasteiger charge is -2.11. The zero-order chi connectivity index (χ0) is 15.9. The molecule has 0 bridgehead atoms. The van der Waals surface area contributed by atoms with Gasteiger partial charge in [-0.1, -0.05) is 11.6 Å². The van der Waals surface area contributed by atoms with Crippen LogP contribution in [0.15, 0.2) is 30.3 Å². The third-order valence-electron chi connectivity index (χ3n) is 3.25. The maximum Gasteiger partial charge on any atom is 0.221 e. The molecule has 0 aliphatic rings. The molecule has 7 heteroatoms. The van der Waals surface area contributed by atoms with Gasteiger partial charge in [-0.15, -0.1) is 0 Å². The molecule has 0 aliphatic heterocycles. The number of nitrogens with zero attached hydrogens (tertiary/aromatic N) is 2. The summed E-state index contributed by atoms with van der Waals surface area (Å²) < 4.78 is 18.9. The maximum absolute atomic E-state index is 14.0. The Hall–Kier alpha value is -2.60. The van der Waals surface area contributed by atoms with Crippen molar-refractivity contribution in [2.75, 3.05) is 18.6 Å². The zero-order valence-electron chi connectivity index (χ0n) is 11.6. The standard InChI is InChI=1S/C15H12ClFN4O/c1-22-13-6-11(18)8(5-10(13)17)14-9-4-7(16)2-3-12(9)20-15(19)21-14/h2-6H,18H2,1H3,(H2,19,20,21). The highest BCUT2D eigenvalue weighted by molar-refractivity contribution is 6.31. The van der Waals surface area contributed by atoms with Crippen LogP contribution < -0.4 is 16.2 Å². The maximum atomic E-state index is 14.0. The van der Waals surface area contributed by atoms with Crippen LogP contribution >= 0.6 is 11.6 Å². The van der Waals surface area contributed by atoms with Crippen LogP contribution in [-0.2, 0) is 0 Å². The van der Waals surface area contributed by atoms with Gasteiger partial charge in [-0.3, -0.25) is 0 Å². The quantitative estimate of drug-likeness (QED) is 0.708. The molecule has 0 saturated heterocycles. The van der Waals surface area contributed by atoms with E-state index in [0.29, 0.717) is 32.9 Å². The Morgan fingerprint density at radius 1 is 1.14 bits per heavy atom. The number of ether oxygens (including phenoxy) is 1. The minimum Gasteiger partial charge on any atom is -0.494 e. The van der Waals surface area contributed by atoms with Crippen molar-refractivity contribution in [3.8, 4) is 17.0 Å². The van der Waals surface area contributed by atoms with Gasteiger partial charge in [0.1, 0.15) is 0 Å². The molecule has 0 spiro atoms. The molecule has 112 valence electrons. The molecule has 0 amide bonds. The first-order valence-electron chi connectivity index (χ1n) is 6.35. The first kappa shape index (κ1) is 14.3. The monoisotopic (exact) mass is 318 g/mol. The molecule has 1 heterocycles. The van der Waals surface area contributed by atoms with Crippen LogP contribution in [0.25, 0.3) is 22.2 Å². The molecule has 0 unspecified atom stereocenters. The van der Waals surface area contributed by atoms with E-state index in [9.17, 15) is 4.39 Å². The lowest BCUT2D eigenvalue weighted by Crippen LogP contribution is -2.01. The summed E-state index contributed by atoms with van der Waals surface area (Å²) in [6.07, 6.45) is 0. The SMILES string of the molecule is COc1cc(N)c(-c2nc(N)nc3ccc(Cl)cc23)cc1F. The normalized spacial score (nSPS) is 10.9. The van der Waals surface area contributed by atoms with Gasteiger partial charge in [-0.05, 0) is 24.3 Å². The zero-order valence-corrected chi connectivity index (χ0v) is 12.4. The van der Waals surface area contributed by atoms with Crippen molar-refractivity contribution in [2.45, 2.75) is 0 Å². The van der Waals surface area contributed by atoms with Gasteiger partial charge in [0.05, 0.1) is 18.3 Å². The van der Waals surface area contributed by atoms with Gasteiger partial charge in [0.15, 0.2) is 11.6 Å². The number of nitrogens with two attached hydrogens (primary N) is 2. The molecule has 0 fully saturated rings. The molecule has 1 aromatic heterocycles. The van der Waals surface area contributed by atoms with E-state index in [-0.39, 0.29) is 11.7 Å². The third kappa shape index (κ3) is 2.37. The van der Waals surface area contributed by atoms with Gasteiger partial charge < -0.3 is 16.2 Å². The molecular formula is C15H12ClFN4O. The Labute approximate surface area is 130 Å². The predicted octanol–water partition coefficient (Wildman–Crippen LogP) is 3.26. The number of rotatable bonds is 2. The first-order valence-corrected chi connectivity index (χ1v) is 6.73. The average Bonchev–Trinajstić information content (AvgIpc) is 2.49. The summed E-state index contributed by atoms with van der Waals surface area (Å²) in [6, 6.07) is 7.76. The van der Waals surface area contributed by atoms with Crippen molar-refractivity contribution in [1.29, 1.82) is 0 Å². The van der Waals surface area contributed by atoms with Crippen molar-refractivity contribution in [3.05, 3.63) is 41.2 Å². The van der Waals surface area contributed by atoms with Gasteiger partial charge in [0, 0.05) is 27.7 Å². The summed E-state index contributed by atoms with van der Waals surface area (Å²) in [7, 11) is 1.37. The fraction of sp³-hybridized carbons (Fsp3) is 0.0667. The van der Waals surface area contributed by atoms with Crippen molar-refractivity contribution < 1.29 is 9.13 Å². The van der Waals surface area contributed by atoms with Crippen LogP contribution in [0.1, 0.15) is 0 Å². The summed E-state index contributed by atoms with van der Waals surface area (Å²) in [4.78, 5) is 8.33. The van der Waals surface area contributed by atoms with Gasteiger partial charge in [-0.2, -0.15) is 0 Å². The van der Waals surface area contributed by atoms with Crippen molar-refractivity contribution >= 4 is 34.1 Å². The van der Waals surface area contributed by atoms with Crippen LogP contribution in [-0.4, -0.2) is 17.1 Å². The smallest absolute Gasteiger partial charge is 0.221 e. The van der Waals surface area contributed by atoms with Gasteiger partial charge in [0.2, 0.25) is 5.95 Å². The van der Waals surface area contributed by atoms with Crippen LogP contribution in [0.4, 0.5) is 16.0 Å². The second-order valence-electron chi connectivity index (χ2n) is 4.67. The molecular weight excluding hydrogens is 307 g/mol. The lowest BCUT2D eigenvalue weighted by molar-refractivity contribution is 0.387. The number of benzene rings is 2. The van der Waals surface area contributed by atoms with E-state index in [0.717, 1.165) is 0 Å². The summed E-state index contributed by atoms with van der Waals surface area (Å²) in [5.74, 6) is -0.412. The molecule has 0 saturated carbocycles. The van der Waals surface area contributed by atoms with Gasteiger partial charge >= 0.3 is 0 Å². The second kappa shape index (κ2) is 5.31. The number of aromatic nitrogens is 2. The van der Waals surface area contributed by atoms with E-state index in [1.54, 1.807) is 18.2 Å². The van der Waals surface area contributed by atoms with E-state index in [4.69, 9.17) is 27.8 Å². The molecule has 3 rings (SSSR count). The number of anilines is 2. The van der Waals surface area contributed by atoms with Crippen LogP contribution in [0.3, 0.4) is 0 Å². The molecule has 0 aliphatic carbocycles. The minimum absolute atomic E-state index is 0.0608. The summed E-state index contributed by atoms with van der Waals surface area (Å²) in [6.45, 7) is 0.